The molecule has 1 aliphatic carbocycles. The molecule has 4 nitrogen and oxygen atoms in total. The summed E-state index contributed by atoms with van der Waals surface area (Å²) in [5.74, 6) is 1.08. The molecule has 2 N–H and O–H groups in total. The maximum Gasteiger partial charge on any atom is 0.224 e. The Kier molecular flexibility index (Phi) is 2.47. The molecule has 0 bridgehead atoms. The number of hydrogen-bond donors (Lipinski definition) is 1. The van der Waals surface area contributed by atoms with Crippen LogP contribution in [0.4, 0.5) is 0 Å². The van der Waals surface area contributed by atoms with Gasteiger partial charge in [-0.15, -0.1) is 0 Å². The maximum absolute atomic E-state index is 11.6. The molecule has 4 heteroatoms. The summed E-state index contributed by atoms with van der Waals surface area (Å²) in [6.07, 6.45) is 3.46. The van der Waals surface area contributed by atoms with Crippen LogP contribution in [-0.4, -0.2) is 18.6 Å². The summed E-state index contributed by atoms with van der Waals surface area (Å²) < 4.78 is 11.4. The average molecular weight is 247 g/mol. The number of methoxy groups -OCH3 is 1. The van der Waals surface area contributed by atoms with Crippen molar-refractivity contribution in [2.45, 2.75) is 31.3 Å². The molecule has 1 aromatic carbocycles. The topological polar surface area (TPSA) is 61.6 Å². The monoisotopic (exact) mass is 247 g/mol. The Bertz CT molecular complexity index is 500. The van der Waals surface area contributed by atoms with Gasteiger partial charge in [0.05, 0.1) is 13.0 Å². The van der Waals surface area contributed by atoms with Crippen LogP contribution in [0.2, 0.25) is 0 Å². The Balaban J connectivity index is 1.99. The summed E-state index contributed by atoms with van der Waals surface area (Å²) in [7, 11) is 1.63. The highest BCUT2D eigenvalue weighted by Crippen LogP contribution is 2.50. The lowest BCUT2D eigenvalue weighted by molar-refractivity contribution is -0.126. The van der Waals surface area contributed by atoms with Crippen molar-refractivity contribution in [2.24, 2.45) is 11.7 Å². The third-order valence-electron chi connectivity index (χ3n) is 4.15. The molecule has 3 rings (SSSR count). The molecule has 2 atom stereocenters. The highest BCUT2D eigenvalue weighted by atomic mass is 16.5. The molecule has 1 fully saturated rings. The molecule has 18 heavy (non-hydrogen) atoms. The molecule has 1 heterocycles. The predicted octanol–water partition coefficient (Wildman–Crippen LogP) is 1.65. The number of benzene rings is 1. The Morgan fingerprint density at radius 3 is 3.11 bits per heavy atom. The van der Waals surface area contributed by atoms with E-state index in [1.165, 1.54) is 0 Å². The van der Waals surface area contributed by atoms with E-state index in [0.717, 1.165) is 42.7 Å². The average Bonchev–Trinajstić information content (AvgIpc) is 2.92. The third-order valence-corrected chi connectivity index (χ3v) is 4.15. The number of carbonyl (C=O) groups is 1. The van der Waals surface area contributed by atoms with Crippen molar-refractivity contribution < 1.29 is 14.3 Å². The lowest BCUT2D eigenvalue weighted by atomic mass is 9.86. The van der Waals surface area contributed by atoms with Crippen molar-refractivity contribution in [3.05, 3.63) is 23.8 Å². The second-order valence-electron chi connectivity index (χ2n) is 5.14. The molecule has 1 spiro atoms. The lowest BCUT2D eigenvalue weighted by Crippen LogP contribution is -2.44. The van der Waals surface area contributed by atoms with Gasteiger partial charge >= 0.3 is 0 Å². The number of hydrogen-bond acceptors (Lipinski definition) is 3. The van der Waals surface area contributed by atoms with Crippen LogP contribution in [0.5, 0.6) is 11.5 Å². The molecule has 1 aromatic rings. The number of fused-ring (bicyclic) bond motifs is 1. The van der Waals surface area contributed by atoms with Crippen LogP contribution in [-0.2, 0) is 11.2 Å². The second-order valence-corrected chi connectivity index (χ2v) is 5.14. The first-order valence-electron chi connectivity index (χ1n) is 6.30. The molecule has 2 unspecified atom stereocenters. The first-order valence-corrected chi connectivity index (χ1v) is 6.30. The molecule has 0 saturated heterocycles. The van der Waals surface area contributed by atoms with Crippen molar-refractivity contribution in [2.75, 3.05) is 7.11 Å². The summed E-state index contributed by atoms with van der Waals surface area (Å²) in [5, 5.41) is 0. The zero-order chi connectivity index (χ0) is 12.8. The van der Waals surface area contributed by atoms with Crippen LogP contribution in [0.3, 0.4) is 0 Å². The maximum atomic E-state index is 11.6. The smallest absolute Gasteiger partial charge is 0.224 e. The van der Waals surface area contributed by atoms with Gasteiger partial charge in [0, 0.05) is 12.0 Å². The number of carbonyl (C=O) groups excluding carboxylic acids is 1. The van der Waals surface area contributed by atoms with Gasteiger partial charge in [0.1, 0.15) is 5.60 Å². The van der Waals surface area contributed by atoms with E-state index in [4.69, 9.17) is 15.2 Å². The van der Waals surface area contributed by atoms with E-state index >= 15 is 0 Å². The van der Waals surface area contributed by atoms with E-state index in [2.05, 4.69) is 0 Å². The van der Waals surface area contributed by atoms with Gasteiger partial charge in [-0.05, 0) is 25.3 Å². The van der Waals surface area contributed by atoms with Crippen LogP contribution in [0, 0.1) is 5.92 Å². The molecule has 96 valence electrons. The second kappa shape index (κ2) is 3.90. The van der Waals surface area contributed by atoms with Crippen LogP contribution in [0.15, 0.2) is 18.2 Å². The molecule has 2 aliphatic rings. The molecule has 0 radical (unpaired) electrons. The Morgan fingerprint density at radius 2 is 2.39 bits per heavy atom. The lowest BCUT2D eigenvalue weighted by Gasteiger charge is -2.28. The van der Waals surface area contributed by atoms with E-state index in [1.807, 2.05) is 18.2 Å². The minimum atomic E-state index is -0.428. The first-order chi connectivity index (χ1) is 8.66. The summed E-state index contributed by atoms with van der Waals surface area (Å²) in [6.45, 7) is 0. The van der Waals surface area contributed by atoms with Crippen molar-refractivity contribution in [3.8, 4) is 11.5 Å². The molecule has 1 saturated carbocycles. The number of amides is 1. The van der Waals surface area contributed by atoms with E-state index in [1.54, 1.807) is 7.11 Å². The van der Waals surface area contributed by atoms with Crippen LogP contribution < -0.4 is 15.2 Å². The fourth-order valence-corrected chi connectivity index (χ4v) is 3.32. The molecular weight excluding hydrogens is 230 g/mol. The van der Waals surface area contributed by atoms with Gasteiger partial charge in [-0.25, -0.2) is 0 Å². The van der Waals surface area contributed by atoms with Gasteiger partial charge in [0.15, 0.2) is 11.5 Å². The van der Waals surface area contributed by atoms with Crippen LogP contribution in [0.25, 0.3) is 0 Å². The summed E-state index contributed by atoms with van der Waals surface area (Å²) in [6, 6.07) is 5.86. The summed E-state index contributed by atoms with van der Waals surface area (Å²) in [5.41, 5.74) is 6.19. The number of nitrogens with two attached hydrogens (primary N) is 1. The Morgan fingerprint density at radius 1 is 1.56 bits per heavy atom. The minimum Gasteiger partial charge on any atom is -0.493 e. The highest BCUT2D eigenvalue weighted by molar-refractivity contribution is 5.79. The van der Waals surface area contributed by atoms with Gasteiger partial charge in [0.25, 0.3) is 0 Å². The Labute approximate surface area is 106 Å². The van der Waals surface area contributed by atoms with Gasteiger partial charge in [-0.3, -0.25) is 4.79 Å². The number of rotatable bonds is 2. The third kappa shape index (κ3) is 1.48. The normalized spacial score (nSPS) is 29.1. The van der Waals surface area contributed by atoms with Crippen molar-refractivity contribution in [1.82, 2.24) is 0 Å². The fraction of sp³-hybridized carbons (Fsp3) is 0.500. The van der Waals surface area contributed by atoms with Crippen molar-refractivity contribution >= 4 is 5.91 Å². The molecular formula is C14H17NO3. The molecule has 1 amide bonds. The molecule has 1 aliphatic heterocycles. The van der Waals surface area contributed by atoms with E-state index in [9.17, 15) is 4.79 Å². The van der Waals surface area contributed by atoms with E-state index < -0.39 is 5.60 Å². The fourth-order valence-electron chi connectivity index (χ4n) is 3.32. The van der Waals surface area contributed by atoms with Gasteiger partial charge in [-0.2, -0.15) is 0 Å². The van der Waals surface area contributed by atoms with E-state index in [-0.39, 0.29) is 11.8 Å². The predicted molar refractivity (Wildman–Crippen MR) is 66.6 cm³/mol. The zero-order valence-electron chi connectivity index (χ0n) is 10.4. The molecule has 0 aromatic heterocycles. The van der Waals surface area contributed by atoms with Gasteiger partial charge < -0.3 is 15.2 Å². The Hall–Kier alpha value is -1.71. The van der Waals surface area contributed by atoms with Crippen molar-refractivity contribution in [1.29, 1.82) is 0 Å². The van der Waals surface area contributed by atoms with E-state index in [0.29, 0.717) is 0 Å². The quantitative estimate of drug-likeness (QED) is 0.864. The van der Waals surface area contributed by atoms with Crippen LogP contribution in [0.1, 0.15) is 24.8 Å². The number of ether oxygens (including phenoxy) is 2. The number of primary amides is 1. The van der Waals surface area contributed by atoms with Gasteiger partial charge in [-0.1, -0.05) is 12.1 Å². The number of para-hydroxylation sites is 1. The van der Waals surface area contributed by atoms with Gasteiger partial charge in [0.2, 0.25) is 5.91 Å². The first kappa shape index (κ1) is 11.4. The zero-order valence-corrected chi connectivity index (χ0v) is 10.4. The summed E-state index contributed by atoms with van der Waals surface area (Å²) >= 11 is 0. The summed E-state index contributed by atoms with van der Waals surface area (Å²) in [4.78, 5) is 11.6. The minimum absolute atomic E-state index is 0.186. The SMILES string of the molecule is COc1cccc2c1OC1(CCCC1C(N)=O)C2. The highest BCUT2D eigenvalue weighted by Gasteiger charge is 2.52. The largest absolute Gasteiger partial charge is 0.493 e. The standard InChI is InChI=1S/C14H17NO3/c1-17-11-6-2-4-9-8-14(18-12(9)11)7-3-5-10(14)13(15)16/h2,4,6,10H,3,5,7-8H2,1H3,(H2,15,16). The van der Waals surface area contributed by atoms with Crippen molar-refractivity contribution in [3.63, 3.8) is 0 Å². The van der Waals surface area contributed by atoms with Crippen LogP contribution >= 0.6 is 0 Å².